The van der Waals surface area contributed by atoms with E-state index in [0.717, 1.165) is 18.9 Å². The number of carbonyl (C=O) groups excluding carboxylic acids is 1. The molecule has 2 aliphatic rings. The zero-order valence-corrected chi connectivity index (χ0v) is 10.0. The van der Waals surface area contributed by atoms with Gasteiger partial charge >= 0.3 is 5.97 Å². The number of esters is 1. The van der Waals surface area contributed by atoms with Gasteiger partial charge in [0.05, 0.1) is 12.7 Å². The van der Waals surface area contributed by atoms with Gasteiger partial charge in [0, 0.05) is 6.04 Å². The smallest absolute Gasteiger partial charge is 0.337 e. The third-order valence-corrected chi connectivity index (χ3v) is 3.75. The largest absolute Gasteiger partial charge is 0.465 e. The highest BCUT2D eigenvalue weighted by atomic mass is 16.5. The number of hydrogen-bond acceptors (Lipinski definition) is 3. The molecule has 0 spiro atoms. The average molecular weight is 231 g/mol. The van der Waals surface area contributed by atoms with Gasteiger partial charge in [-0.3, -0.25) is 0 Å². The molecule has 3 nitrogen and oxygen atoms in total. The van der Waals surface area contributed by atoms with Gasteiger partial charge in [0.15, 0.2) is 0 Å². The molecule has 0 aromatic heterocycles. The maximum absolute atomic E-state index is 11.5. The Morgan fingerprint density at radius 2 is 2.24 bits per heavy atom. The van der Waals surface area contributed by atoms with Crippen molar-refractivity contribution in [2.24, 2.45) is 5.92 Å². The fourth-order valence-corrected chi connectivity index (χ4v) is 2.69. The van der Waals surface area contributed by atoms with E-state index in [1.807, 2.05) is 12.1 Å². The Morgan fingerprint density at radius 1 is 1.41 bits per heavy atom. The summed E-state index contributed by atoms with van der Waals surface area (Å²) in [5, 5.41) is 3.58. The second kappa shape index (κ2) is 4.15. The lowest BCUT2D eigenvalue weighted by molar-refractivity contribution is 0.0600. The molecule has 3 rings (SSSR count). The number of fused-ring (bicyclic) bond motifs is 1. The first-order chi connectivity index (χ1) is 8.29. The van der Waals surface area contributed by atoms with E-state index in [-0.39, 0.29) is 5.97 Å². The monoisotopic (exact) mass is 231 g/mol. The van der Waals surface area contributed by atoms with Crippen molar-refractivity contribution in [3.63, 3.8) is 0 Å². The first kappa shape index (κ1) is 10.8. The van der Waals surface area contributed by atoms with Gasteiger partial charge in [0.1, 0.15) is 0 Å². The molecule has 3 heteroatoms. The Kier molecular flexibility index (Phi) is 2.63. The van der Waals surface area contributed by atoms with Gasteiger partial charge in [-0.2, -0.15) is 0 Å². The average Bonchev–Trinajstić information content (AvgIpc) is 3.20. The maximum atomic E-state index is 11.5. The van der Waals surface area contributed by atoms with Gasteiger partial charge in [0.2, 0.25) is 0 Å². The summed E-state index contributed by atoms with van der Waals surface area (Å²) >= 11 is 0. The van der Waals surface area contributed by atoms with Crippen LogP contribution in [0.4, 0.5) is 0 Å². The van der Waals surface area contributed by atoms with E-state index in [2.05, 4.69) is 11.4 Å². The molecule has 1 fully saturated rings. The molecule has 1 saturated carbocycles. The number of carbonyl (C=O) groups is 1. The number of rotatable bonds is 2. The number of benzene rings is 1. The Balaban J connectivity index is 1.94. The second-order valence-electron chi connectivity index (χ2n) is 4.92. The van der Waals surface area contributed by atoms with E-state index < -0.39 is 0 Å². The summed E-state index contributed by atoms with van der Waals surface area (Å²) in [7, 11) is 1.43. The van der Waals surface area contributed by atoms with Crippen molar-refractivity contribution < 1.29 is 9.53 Å². The molecule has 1 aliphatic heterocycles. The van der Waals surface area contributed by atoms with Crippen molar-refractivity contribution in [3.05, 3.63) is 34.9 Å². The highest BCUT2D eigenvalue weighted by molar-refractivity contribution is 5.89. The highest BCUT2D eigenvalue weighted by Crippen LogP contribution is 2.43. The van der Waals surface area contributed by atoms with E-state index in [0.29, 0.717) is 11.6 Å². The molecular weight excluding hydrogens is 214 g/mol. The van der Waals surface area contributed by atoms with Gasteiger partial charge in [0.25, 0.3) is 0 Å². The zero-order valence-electron chi connectivity index (χ0n) is 10.0. The molecule has 0 radical (unpaired) electrons. The summed E-state index contributed by atoms with van der Waals surface area (Å²) < 4.78 is 4.76. The Labute approximate surface area is 101 Å². The van der Waals surface area contributed by atoms with Crippen LogP contribution in [0.5, 0.6) is 0 Å². The minimum Gasteiger partial charge on any atom is -0.465 e. The Hall–Kier alpha value is -1.35. The van der Waals surface area contributed by atoms with Crippen molar-refractivity contribution in [2.75, 3.05) is 13.7 Å². The van der Waals surface area contributed by atoms with E-state index in [1.54, 1.807) is 0 Å². The third kappa shape index (κ3) is 1.95. The number of nitrogens with one attached hydrogen (secondary N) is 1. The summed E-state index contributed by atoms with van der Waals surface area (Å²) in [6.45, 7) is 1.01. The van der Waals surface area contributed by atoms with Gasteiger partial charge in [-0.05, 0) is 55.0 Å². The van der Waals surface area contributed by atoms with Gasteiger partial charge in [-0.15, -0.1) is 0 Å². The molecule has 1 aliphatic carbocycles. The minimum atomic E-state index is -0.241. The Bertz CT molecular complexity index is 452. The van der Waals surface area contributed by atoms with Crippen LogP contribution in [0, 0.1) is 5.92 Å². The topological polar surface area (TPSA) is 38.3 Å². The molecule has 1 aromatic carbocycles. The number of methoxy groups -OCH3 is 1. The van der Waals surface area contributed by atoms with Gasteiger partial charge in [-0.1, -0.05) is 6.07 Å². The van der Waals surface area contributed by atoms with E-state index in [4.69, 9.17) is 4.74 Å². The fourth-order valence-electron chi connectivity index (χ4n) is 2.69. The first-order valence-electron chi connectivity index (χ1n) is 6.24. The molecule has 1 unspecified atom stereocenters. The molecule has 1 atom stereocenters. The fraction of sp³-hybridized carbons (Fsp3) is 0.500. The predicted octanol–water partition coefficient (Wildman–Crippen LogP) is 2.07. The summed E-state index contributed by atoms with van der Waals surface area (Å²) in [5.41, 5.74) is 3.36. The lowest BCUT2D eigenvalue weighted by Crippen LogP contribution is -2.31. The molecule has 1 aromatic rings. The maximum Gasteiger partial charge on any atom is 0.337 e. The van der Waals surface area contributed by atoms with Crippen molar-refractivity contribution in [3.8, 4) is 0 Å². The highest BCUT2D eigenvalue weighted by Gasteiger charge is 2.34. The van der Waals surface area contributed by atoms with Crippen LogP contribution in [0.2, 0.25) is 0 Å². The Morgan fingerprint density at radius 3 is 2.94 bits per heavy atom. The standard InChI is InChI=1S/C14H17NO2/c1-17-14(16)11-4-5-12-10(8-11)6-7-15-13(12)9-2-3-9/h4-5,8-9,13,15H,2-3,6-7H2,1H3. The van der Waals surface area contributed by atoms with Crippen LogP contribution in [0.15, 0.2) is 18.2 Å². The predicted molar refractivity (Wildman–Crippen MR) is 65.0 cm³/mol. The quantitative estimate of drug-likeness (QED) is 0.792. The van der Waals surface area contributed by atoms with Crippen LogP contribution >= 0.6 is 0 Å². The SMILES string of the molecule is COC(=O)c1ccc2c(c1)CCNC2C1CC1. The van der Waals surface area contributed by atoms with E-state index >= 15 is 0 Å². The van der Waals surface area contributed by atoms with Crippen LogP contribution in [0.3, 0.4) is 0 Å². The molecule has 90 valence electrons. The number of ether oxygens (including phenoxy) is 1. The van der Waals surface area contributed by atoms with Crippen molar-refractivity contribution >= 4 is 5.97 Å². The normalized spacial score (nSPS) is 23.0. The van der Waals surface area contributed by atoms with Crippen LogP contribution in [-0.2, 0) is 11.2 Å². The second-order valence-corrected chi connectivity index (χ2v) is 4.92. The molecule has 17 heavy (non-hydrogen) atoms. The third-order valence-electron chi connectivity index (χ3n) is 3.75. The van der Waals surface area contributed by atoms with Crippen molar-refractivity contribution in [2.45, 2.75) is 25.3 Å². The van der Waals surface area contributed by atoms with E-state index in [1.165, 1.54) is 31.1 Å². The van der Waals surface area contributed by atoms with Gasteiger partial charge < -0.3 is 10.1 Å². The minimum absolute atomic E-state index is 0.241. The van der Waals surface area contributed by atoms with Gasteiger partial charge in [-0.25, -0.2) is 4.79 Å². The zero-order chi connectivity index (χ0) is 11.8. The lowest BCUT2D eigenvalue weighted by Gasteiger charge is -2.27. The molecule has 0 amide bonds. The summed E-state index contributed by atoms with van der Waals surface area (Å²) in [4.78, 5) is 11.5. The van der Waals surface area contributed by atoms with Crippen LogP contribution in [0.25, 0.3) is 0 Å². The van der Waals surface area contributed by atoms with Crippen LogP contribution in [0.1, 0.15) is 40.4 Å². The number of hydrogen-bond donors (Lipinski definition) is 1. The van der Waals surface area contributed by atoms with Crippen LogP contribution < -0.4 is 5.32 Å². The van der Waals surface area contributed by atoms with E-state index in [9.17, 15) is 4.79 Å². The molecule has 1 N–H and O–H groups in total. The molecular formula is C14H17NO2. The first-order valence-corrected chi connectivity index (χ1v) is 6.24. The lowest BCUT2D eigenvalue weighted by atomic mass is 9.90. The van der Waals surface area contributed by atoms with Crippen molar-refractivity contribution in [1.29, 1.82) is 0 Å². The summed E-state index contributed by atoms with van der Waals surface area (Å²) in [5.74, 6) is 0.562. The molecule has 0 saturated heterocycles. The van der Waals surface area contributed by atoms with Crippen LogP contribution in [-0.4, -0.2) is 19.6 Å². The van der Waals surface area contributed by atoms with Crippen molar-refractivity contribution in [1.82, 2.24) is 5.32 Å². The summed E-state index contributed by atoms with van der Waals surface area (Å²) in [6.07, 6.45) is 3.66. The molecule has 0 bridgehead atoms. The summed E-state index contributed by atoms with van der Waals surface area (Å²) in [6, 6.07) is 6.48. The molecule has 1 heterocycles.